The van der Waals surface area contributed by atoms with Gasteiger partial charge in [-0.2, -0.15) is 0 Å². The molecule has 1 aliphatic carbocycles. The fourth-order valence-electron chi connectivity index (χ4n) is 2.77. The number of nitrogens with one attached hydrogen (secondary N) is 1. The van der Waals surface area contributed by atoms with Crippen molar-refractivity contribution in [3.05, 3.63) is 0 Å². The number of esters is 1. The summed E-state index contributed by atoms with van der Waals surface area (Å²) in [7, 11) is 3.28. The van der Waals surface area contributed by atoms with Gasteiger partial charge in [-0.05, 0) is 25.8 Å². The Morgan fingerprint density at radius 3 is 2.39 bits per heavy atom. The zero-order valence-electron chi connectivity index (χ0n) is 12.2. The van der Waals surface area contributed by atoms with Crippen molar-refractivity contribution in [3.8, 4) is 0 Å². The molecule has 0 saturated heterocycles. The maximum atomic E-state index is 11.7. The minimum Gasteiger partial charge on any atom is -0.468 e. The quantitative estimate of drug-likeness (QED) is 0.703. The van der Waals surface area contributed by atoms with Crippen molar-refractivity contribution in [2.24, 2.45) is 5.92 Å². The first-order valence-corrected chi connectivity index (χ1v) is 7.07. The van der Waals surface area contributed by atoms with Crippen molar-refractivity contribution in [1.82, 2.24) is 10.2 Å². The Kier molecular flexibility index (Phi) is 6.65. The van der Waals surface area contributed by atoms with Crippen LogP contribution in [0.2, 0.25) is 0 Å². The van der Waals surface area contributed by atoms with Crippen molar-refractivity contribution >= 4 is 5.97 Å². The molecule has 1 saturated carbocycles. The molecule has 1 N–H and O–H groups in total. The summed E-state index contributed by atoms with van der Waals surface area (Å²) in [4.78, 5) is 14.1. The van der Waals surface area contributed by atoms with Crippen molar-refractivity contribution in [2.45, 2.75) is 51.6 Å². The average Bonchev–Trinajstić information content (AvgIpc) is 2.86. The topological polar surface area (TPSA) is 41.6 Å². The van der Waals surface area contributed by atoms with Crippen LogP contribution in [-0.2, 0) is 9.53 Å². The first-order valence-electron chi connectivity index (χ1n) is 7.07. The molecular weight excluding hydrogens is 228 g/mol. The van der Waals surface area contributed by atoms with Crippen LogP contribution in [0.15, 0.2) is 0 Å². The smallest absolute Gasteiger partial charge is 0.324 e. The van der Waals surface area contributed by atoms with E-state index in [2.05, 4.69) is 24.1 Å². The summed E-state index contributed by atoms with van der Waals surface area (Å²) >= 11 is 0. The molecule has 0 aromatic rings. The van der Waals surface area contributed by atoms with E-state index in [9.17, 15) is 4.79 Å². The van der Waals surface area contributed by atoms with Crippen LogP contribution in [0.25, 0.3) is 0 Å². The lowest BCUT2D eigenvalue weighted by atomic mass is 10.1. The van der Waals surface area contributed by atoms with E-state index in [4.69, 9.17) is 4.74 Å². The van der Waals surface area contributed by atoms with Crippen LogP contribution in [0.5, 0.6) is 0 Å². The minimum absolute atomic E-state index is 0.163. The third-order valence-electron chi connectivity index (χ3n) is 3.69. The summed E-state index contributed by atoms with van der Waals surface area (Å²) in [6.45, 7) is 6.27. The molecule has 0 aliphatic heterocycles. The number of carbonyl (C=O) groups is 1. The van der Waals surface area contributed by atoms with Crippen LogP contribution in [0.4, 0.5) is 0 Å². The van der Waals surface area contributed by atoms with E-state index in [-0.39, 0.29) is 12.0 Å². The fraction of sp³-hybridized carbons (Fsp3) is 0.929. The van der Waals surface area contributed by atoms with E-state index in [0.717, 1.165) is 13.1 Å². The zero-order chi connectivity index (χ0) is 13.5. The second-order valence-corrected chi connectivity index (χ2v) is 5.65. The third-order valence-corrected chi connectivity index (χ3v) is 3.69. The Bertz CT molecular complexity index is 250. The van der Waals surface area contributed by atoms with Gasteiger partial charge in [0, 0.05) is 19.1 Å². The van der Waals surface area contributed by atoms with Crippen molar-refractivity contribution < 1.29 is 9.53 Å². The van der Waals surface area contributed by atoms with Gasteiger partial charge in [-0.15, -0.1) is 0 Å². The van der Waals surface area contributed by atoms with Gasteiger partial charge in [0.25, 0.3) is 0 Å². The summed E-state index contributed by atoms with van der Waals surface area (Å²) in [6.07, 6.45) is 5.18. The predicted molar refractivity (Wildman–Crippen MR) is 73.5 cm³/mol. The highest BCUT2D eigenvalue weighted by molar-refractivity contribution is 5.75. The maximum Gasteiger partial charge on any atom is 0.324 e. The predicted octanol–water partition coefficient (Wildman–Crippen LogP) is 1.65. The van der Waals surface area contributed by atoms with Gasteiger partial charge in [-0.3, -0.25) is 9.69 Å². The molecule has 1 atom stereocenters. The monoisotopic (exact) mass is 256 g/mol. The van der Waals surface area contributed by atoms with Crippen LogP contribution in [0.3, 0.4) is 0 Å². The lowest BCUT2D eigenvalue weighted by molar-refractivity contribution is -0.143. The number of methoxy groups -OCH3 is 1. The van der Waals surface area contributed by atoms with Gasteiger partial charge in [-0.25, -0.2) is 0 Å². The first-order chi connectivity index (χ1) is 8.58. The molecule has 1 rings (SSSR count). The number of likely N-dealkylation sites (N-methyl/N-ethyl adjacent to an activating group) is 1. The molecule has 0 radical (unpaired) electrons. The highest BCUT2D eigenvalue weighted by Gasteiger charge is 2.27. The molecule has 0 bridgehead atoms. The van der Waals surface area contributed by atoms with Crippen LogP contribution in [0, 0.1) is 5.92 Å². The molecule has 0 amide bonds. The van der Waals surface area contributed by atoms with E-state index < -0.39 is 0 Å². The molecule has 0 heterocycles. The van der Waals surface area contributed by atoms with Crippen molar-refractivity contribution in [2.75, 3.05) is 27.2 Å². The Balaban J connectivity index is 2.60. The summed E-state index contributed by atoms with van der Waals surface area (Å²) < 4.78 is 4.84. The van der Waals surface area contributed by atoms with Crippen LogP contribution < -0.4 is 5.32 Å². The van der Waals surface area contributed by atoms with Gasteiger partial charge in [0.2, 0.25) is 0 Å². The molecule has 1 aliphatic rings. The molecular formula is C14H28N2O2. The van der Waals surface area contributed by atoms with E-state index in [1.54, 1.807) is 0 Å². The lowest BCUT2D eigenvalue weighted by Crippen LogP contribution is -2.49. The summed E-state index contributed by atoms with van der Waals surface area (Å²) in [5, 5.41) is 3.06. The number of carbonyl (C=O) groups excluding carboxylic acids is 1. The largest absolute Gasteiger partial charge is 0.468 e. The number of rotatable bonds is 7. The van der Waals surface area contributed by atoms with E-state index >= 15 is 0 Å². The van der Waals surface area contributed by atoms with Gasteiger partial charge in [0.1, 0.15) is 6.04 Å². The molecule has 0 aromatic carbocycles. The molecule has 0 spiro atoms. The Morgan fingerprint density at radius 2 is 1.94 bits per heavy atom. The Labute approximate surface area is 111 Å². The molecule has 4 nitrogen and oxygen atoms in total. The summed E-state index contributed by atoms with van der Waals surface area (Å²) in [6, 6.07) is 0.433. The lowest BCUT2D eigenvalue weighted by Gasteiger charge is -2.32. The normalized spacial score (nSPS) is 18.6. The fourth-order valence-corrected chi connectivity index (χ4v) is 2.77. The Hall–Kier alpha value is -0.610. The van der Waals surface area contributed by atoms with Gasteiger partial charge < -0.3 is 10.1 Å². The average molecular weight is 256 g/mol. The highest BCUT2D eigenvalue weighted by atomic mass is 16.5. The third kappa shape index (κ3) is 4.58. The SMILES string of the molecule is CNC(CN(CC(C)C)C1CCCC1)C(=O)OC. The Morgan fingerprint density at radius 1 is 1.33 bits per heavy atom. The van der Waals surface area contributed by atoms with E-state index in [1.807, 2.05) is 7.05 Å². The van der Waals surface area contributed by atoms with Gasteiger partial charge in [-0.1, -0.05) is 26.7 Å². The van der Waals surface area contributed by atoms with E-state index in [1.165, 1.54) is 32.8 Å². The second-order valence-electron chi connectivity index (χ2n) is 5.65. The molecule has 18 heavy (non-hydrogen) atoms. The van der Waals surface area contributed by atoms with E-state index in [0.29, 0.717) is 12.0 Å². The summed E-state index contributed by atoms with van der Waals surface area (Å²) in [5.74, 6) is 0.463. The number of ether oxygens (including phenoxy) is 1. The molecule has 1 unspecified atom stereocenters. The molecule has 4 heteroatoms. The summed E-state index contributed by atoms with van der Waals surface area (Å²) in [5.41, 5.74) is 0. The molecule has 1 fully saturated rings. The maximum absolute atomic E-state index is 11.7. The van der Waals surface area contributed by atoms with Gasteiger partial charge in [0.15, 0.2) is 0 Å². The van der Waals surface area contributed by atoms with Crippen molar-refractivity contribution in [1.29, 1.82) is 0 Å². The first kappa shape index (κ1) is 15.4. The highest BCUT2D eigenvalue weighted by Crippen LogP contribution is 2.24. The second kappa shape index (κ2) is 7.74. The van der Waals surface area contributed by atoms with Gasteiger partial charge >= 0.3 is 5.97 Å². The van der Waals surface area contributed by atoms with Crippen LogP contribution in [-0.4, -0.2) is 50.2 Å². The molecule has 0 aromatic heterocycles. The molecule has 106 valence electrons. The van der Waals surface area contributed by atoms with Crippen molar-refractivity contribution in [3.63, 3.8) is 0 Å². The zero-order valence-corrected chi connectivity index (χ0v) is 12.2. The van der Waals surface area contributed by atoms with Crippen LogP contribution >= 0.6 is 0 Å². The van der Waals surface area contributed by atoms with Crippen LogP contribution in [0.1, 0.15) is 39.5 Å². The minimum atomic E-state index is -0.214. The number of hydrogen-bond donors (Lipinski definition) is 1. The number of nitrogens with zero attached hydrogens (tertiary/aromatic N) is 1. The standard InChI is InChI=1S/C14H28N2O2/c1-11(2)9-16(12-7-5-6-8-12)10-13(15-3)14(17)18-4/h11-13,15H,5-10H2,1-4H3. The van der Waals surface area contributed by atoms with Gasteiger partial charge in [0.05, 0.1) is 7.11 Å². The number of hydrogen-bond acceptors (Lipinski definition) is 4.